The summed E-state index contributed by atoms with van der Waals surface area (Å²) in [5, 5.41) is 10.7. The van der Waals surface area contributed by atoms with Gasteiger partial charge in [-0.15, -0.1) is 0 Å². The Balaban J connectivity index is 2.19. The van der Waals surface area contributed by atoms with Crippen molar-refractivity contribution in [1.29, 1.82) is 0 Å². The van der Waals surface area contributed by atoms with E-state index in [0.29, 0.717) is 6.29 Å². The molecule has 2 rings (SSSR count). The summed E-state index contributed by atoms with van der Waals surface area (Å²) in [5.74, 6) is -0.936. The number of ether oxygens (including phenoxy) is 1. The van der Waals surface area contributed by atoms with E-state index in [9.17, 15) is 19.3 Å². The van der Waals surface area contributed by atoms with E-state index in [1.165, 1.54) is 18.2 Å². The molecule has 0 aliphatic heterocycles. The Morgan fingerprint density at radius 3 is 2.79 bits per heavy atom. The molecule has 0 aliphatic carbocycles. The van der Waals surface area contributed by atoms with Gasteiger partial charge in [0.2, 0.25) is 5.75 Å². The molecule has 1 aromatic heterocycles. The van der Waals surface area contributed by atoms with Crippen molar-refractivity contribution in [2.45, 2.75) is 6.61 Å². The van der Waals surface area contributed by atoms with Crippen LogP contribution in [0.3, 0.4) is 0 Å². The number of para-hydroxylation sites is 1. The zero-order chi connectivity index (χ0) is 13.8. The molecule has 0 bridgehead atoms. The first kappa shape index (κ1) is 12.7. The number of carbonyl (C=O) groups is 1. The van der Waals surface area contributed by atoms with Gasteiger partial charge in [0.15, 0.2) is 17.9 Å². The molecule has 1 heterocycles. The van der Waals surface area contributed by atoms with Crippen molar-refractivity contribution in [2.24, 2.45) is 0 Å². The number of furan rings is 1. The summed E-state index contributed by atoms with van der Waals surface area (Å²) in [6.07, 6.45) is 0.509. The normalized spacial score (nSPS) is 10.2. The maximum absolute atomic E-state index is 13.5. The third-order valence-electron chi connectivity index (χ3n) is 2.30. The number of hydrogen-bond donors (Lipinski definition) is 0. The van der Waals surface area contributed by atoms with Crippen LogP contribution in [0.25, 0.3) is 0 Å². The van der Waals surface area contributed by atoms with Crippen LogP contribution in [0.5, 0.6) is 5.75 Å². The third kappa shape index (κ3) is 2.76. The van der Waals surface area contributed by atoms with Crippen molar-refractivity contribution in [1.82, 2.24) is 0 Å². The average molecular weight is 265 g/mol. The Hall–Kier alpha value is -2.70. The molecule has 0 spiro atoms. The number of halogens is 1. The molecule has 98 valence electrons. The number of hydrogen-bond acceptors (Lipinski definition) is 5. The van der Waals surface area contributed by atoms with E-state index in [4.69, 9.17) is 9.15 Å². The van der Waals surface area contributed by atoms with Gasteiger partial charge in [-0.25, -0.2) is 4.39 Å². The van der Waals surface area contributed by atoms with Crippen molar-refractivity contribution in [3.63, 3.8) is 0 Å². The maximum atomic E-state index is 13.5. The highest BCUT2D eigenvalue weighted by atomic mass is 19.1. The summed E-state index contributed by atoms with van der Waals surface area (Å²) < 4.78 is 23.5. The fourth-order valence-corrected chi connectivity index (χ4v) is 1.46. The Morgan fingerprint density at radius 2 is 2.16 bits per heavy atom. The van der Waals surface area contributed by atoms with Crippen molar-refractivity contribution < 1.29 is 23.3 Å². The van der Waals surface area contributed by atoms with Crippen LogP contribution in [0.15, 0.2) is 34.7 Å². The van der Waals surface area contributed by atoms with Crippen LogP contribution >= 0.6 is 0 Å². The van der Waals surface area contributed by atoms with Crippen molar-refractivity contribution in [2.75, 3.05) is 0 Å². The number of benzene rings is 1. The summed E-state index contributed by atoms with van der Waals surface area (Å²) in [5.41, 5.74) is -0.470. The van der Waals surface area contributed by atoms with Crippen molar-refractivity contribution >= 4 is 12.0 Å². The maximum Gasteiger partial charge on any atom is 0.314 e. The predicted molar refractivity (Wildman–Crippen MR) is 61.5 cm³/mol. The van der Waals surface area contributed by atoms with Crippen LogP contribution in [0, 0.1) is 15.9 Å². The smallest absolute Gasteiger partial charge is 0.314 e. The van der Waals surface area contributed by atoms with Gasteiger partial charge in [0.1, 0.15) is 12.4 Å². The molecule has 6 nitrogen and oxygen atoms in total. The highest BCUT2D eigenvalue weighted by Crippen LogP contribution is 2.30. The number of aldehydes is 1. The highest BCUT2D eigenvalue weighted by molar-refractivity contribution is 5.70. The second-order valence-electron chi connectivity index (χ2n) is 3.56. The van der Waals surface area contributed by atoms with Gasteiger partial charge in [0.05, 0.1) is 4.92 Å². The first-order valence-corrected chi connectivity index (χ1v) is 5.21. The van der Waals surface area contributed by atoms with Gasteiger partial charge in [0.25, 0.3) is 0 Å². The summed E-state index contributed by atoms with van der Waals surface area (Å²) in [4.78, 5) is 20.4. The molecule has 0 saturated heterocycles. The minimum absolute atomic E-state index is 0.0987. The van der Waals surface area contributed by atoms with E-state index in [0.717, 1.165) is 12.1 Å². The Morgan fingerprint density at radius 1 is 1.37 bits per heavy atom. The minimum Gasteiger partial charge on any atom is -0.477 e. The summed E-state index contributed by atoms with van der Waals surface area (Å²) in [6, 6.07) is 6.30. The molecule has 1 aromatic carbocycles. The van der Waals surface area contributed by atoms with Crippen molar-refractivity contribution in [3.05, 3.63) is 57.8 Å². The summed E-state index contributed by atoms with van der Waals surface area (Å²) in [7, 11) is 0. The number of nitro benzene ring substituents is 1. The SMILES string of the molecule is O=Cc1ccc(COc2c(F)cccc2[N+](=O)[O-])o1. The highest BCUT2D eigenvalue weighted by Gasteiger charge is 2.19. The zero-order valence-electron chi connectivity index (χ0n) is 9.54. The molecular formula is C12H8FNO5. The minimum atomic E-state index is -0.837. The lowest BCUT2D eigenvalue weighted by Crippen LogP contribution is -2.00. The number of nitrogens with zero attached hydrogens (tertiary/aromatic N) is 1. The molecule has 19 heavy (non-hydrogen) atoms. The lowest BCUT2D eigenvalue weighted by atomic mass is 10.3. The first-order chi connectivity index (χ1) is 9.11. The van der Waals surface area contributed by atoms with Gasteiger partial charge in [-0.1, -0.05) is 6.07 Å². The zero-order valence-corrected chi connectivity index (χ0v) is 9.54. The monoisotopic (exact) mass is 265 g/mol. The van der Waals surface area contributed by atoms with E-state index >= 15 is 0 Å². The van der Waals surface area contributed by atoms with Crippen LogP contribution in [0.1, 0.15) is 16.3 Å². The quantitative estimate of drug-likeness (QED) is 0.471. The van der Waals surface area contributed by atoms with E-state index in [1.807, 2.05) is 0 Å². The number of carbonyl (C=O) groups excluding carboxylic acids is 1. The topological polar surface area (TPSA) is 82.6 Å². The van der Waals surface area contributed by atoms with E-state index in [2.05, 4.69) is 0 Å². The molecule has 0 fully saturated rings. The fraction of sp³-hybridized carbons (Fsp3) is 0.0833. The van der Waals surface area contributed by atoms with Crippen LogP contribution in [-0.2, 0) is 6.61 Å². The first-order valence-electron chi connectivity index (χ1n) is 5.21. The van der Waals surface area contributed by atoms with Gasteiger partial charge >= 0.3 is 5.69 Å². The molecule has 0 radical (unpaired) electrons. The van der Waals surface area contributed by atoms with Gasteiger partial charge in [0, 0.05) is 6.07 Å². The third-order valence-corrected chi connectivity index (χ3v) is 2.30. The van der Waals surface area contributed by atoms with Gasteiger partial charge in [-0.2, -0.15) is 0 Å². The van der Waals surface area contributed by atoms with Crippen molar-refractivity contribution in [3.8, 4) is 5.75 Å². The van der Waals surface area contributed by atoms with E-state index in [-0.39, 0.29) is 18.1 Å². The second kappa shape index (κ2) is 5.30. The van der Waals surface area contributed by atoms with Gasteiger partial charge in [-0.3, -0.25) is 14.9 Å². The number of rotatable bonds is 5. The standard InChI is InChI=1S/C12H8FNO5/c13-10-2-1-3-11(14(16)17)12(10)18-7-9-5-4-8(6-15)19-9/h1-6H,7H2. The Bertz CT molecular complexity index is 622. The van der Waals surface area contributed by atoms with Crippen LogP contribution < -0.4 is 4.74 Å². The second-order valence-corrected chi connectivity index (χ2v) is 3.56. The molecular weight excluding hydrogens is 257 g/mol. The lowest BCUT2D eigenvalue weighted by molar-refractivity contribution is -0.386. The predicted octanol–water partition coefficient (Wildman–Crippen LogP) is 2.72. The van der Waals surface area contributed by atoms with Crippen LogP contribution in [-0.4, -0.2) is 11.2 Å². The average Bonchev–Trinajstić information content (AvgIpc) is 2.85. The summed E-state index contributed by atoms with van der Waals surface area (Å²) >= 11 is 0. The molecule has 0 unspecified atom stereocenters. The fourth-order valence-electron chi connectivity index (χ4n) is 1.46. The largest absolute Gasteiger partial charge is 0.477 e. The van der Waals surface area contributed by atoms with Crippen LogP contribution in [0.2, 0.25) is 0 Å². The Labute approximate surface area is 106 Å². The molecule has 2 aromatic rings. The van der Waals surface area contributed by atoms with Crippen LogP contribution in [0.4, 0.5) is 10.1 Å². The summed E-state index contributed by atoms with van der Waals surface area (Å²) in [6.45, 7) is -0.213. The van der Waals surface area contributed by atoms with E-state index < -0.39 is 22.2 Å². The molecule has 0 atom stereocenters. The molecule has 7 heteroatoms. The molecule has 0 aliphatic rings. The van der Waals surface area contributed by atoms with E-state index in [1.54, 1.807) is 0 Å². The molecule has 0 amide bonds. The van der Waals surface area contributed by atoms with Gasteiger partial charge in [-0.05, 0) is 18.2 Å². The van der Waals surface area contributed by atoms with Gasteiger partial charge < -0.3 is 9.15 Å². The number of nitro groups is 1. The lowest BCUT2D eigenvalue weighted by Gasteiger charge is -2.05. The molecule has 0 N–H and O–H groups in total. The molecule has 0 saturated carbocycles. The Kier molecular flexibility index (Phi) is 3.56.